The highest BCUT2D eigenvalue weighted by molar-refractivity contribution is 5.74. The van der Waals surface area contributed by atoms with E-state index >= 15 is 0 Å². The Kier molecular flexibility index (Phi) is 3.54. The molecule has 1 aromatic rings. The average molecular weight is 226 g/mol. The molecule has 0 saturated heterocycles. The van der Waals surface area contributed by atoms with Gasteiger partial charge in [0.2, 0.25) is 0 Å². The van der Waals surface area contributed by atoms with Crippen molar-refractivity contribution in [2.45, 2.75) is 12.1 Å². The number of nitrogens with zero attached hydrogens (tertiary/aromatic N) is 1. The molecular formula is C9H10N2O5. The van der Waals surface area contributed by atoms with Gasteiger partial charge in [0.15, 0.2) is 0 Å². The molecule has 1 rings (SSSR count). The number of aliphatic carboxylic acids is 1. The van der Waals surface area contributed by atoms with Crippen LogP contribution in [-0.4, -0.2) is 27.1 Å². The van der Waals surface area contributed by atoms with Gasteiger partial charge in [-0.25, -0.2) is 0 Å². The van der Waals surface area contributed by atoms with Crippen molar-refractivity contribution < 1.29 is 19.9 Å². The molecule has 0 radical (unpaired) electrons. The smallest absolute Gasteiger partial charge is 0.323 e. The average Bonchev–Trinajstić information content (AvgIpc) is 2.27. The maximum absolute atomic E-state index is 10.5. The fourth-order valence-electron chi connectivity index (χ4n) is 1.16. The van der Waals surface area contributed by atoms with E-state index in [4.69, 9.17) is 10.8 Å². The molecular weight excluding hydrogens is 216 g/mol. The summed E-state index contributed by atoms with van der Waals surface area (Å²) in [6, 6.07) is 3.55. The van der Waals surface area contributed by atoms with E-state index in [-0.39, 0.29) is 11.3 Å². The van der Waals surface area contributed by atoms with Crippen molar-refractivity contribution in [3.8, 4) is 0 Å². The third-order valence-corrected chi connectivity index (χ3v) is 2.05. The molecule has 0 saturated carbocycles. The molecule has 0 aliphatic carbocycles. The van der Waals surface area contributed by atoms with E-state index < -0.39 is 23.0 Å². The van der Waals surface area contributed by atoms with Crippen molar-refractivity contribution >= 4 is 11.7 Å². The second-order valence-corrected chi connectivity index (χ2v) is 3.16. The van der Waals surface area contributed by atoms with E-state index in [0.29, 0.717) is 0 Å². The molecule has 16 heavy (non-hydrogen) atoms. The van der Waals surface area contributed by atoms with Crippen LogP contribution in [0, 0.1) is 10.1 Å². The molecule has 2 atom stereocenters. The van der Waals surface area contributed by atoms with Gasteiger partial charge >= 0.3 is 5.97 Å². The topological polar surface area (TPSA) is 127 Å². The number of hydrogen-bond donors (Lipinski definition) is 3. The normalized spacial score (nSPS) is 14.1. The van der Waals surface area contributed by atoms with Crippen LogP contribution in [0.1, 0.15) is 11.7 Å². The van der Waals surface area contributed by atoms with Crippen LogP contribution < -0.4 is 5.73 Å². The fourth-order valence-corrected chi connectivity index (χ4v) is 1.16. The first-order chi connectivity index (χ1) is 7.43. The van der Waals surface area contributed by atoms with Crippen LogP contribution in [0.4, 0.5) is 5.69 Å². The minimum absolute atomic E-state index is 0.101. The maximum Gasteiger partial charge on any atom is 0.323 e. The van der Waals surface area contributed by atoms with Gasteiger partial charge in [0.25, 0.3) is 5.69 Å². The van der Waals surface area contributed by atoms with E-state index in [2.05, 4.69) is 0 Å². The number of hydrogen-bond acceptors (Lipinski definition) is 5. The van der Waals surface area contributed by atoms with Crippen molar-refractivity contribution in [3.05, 3.63) is 39.9 Å². The molecule has 86 valence electrons. The first-order valence-corrected chi connectivity index (χ1v) is 4.34. The zero-order chi connectivity index (χ0) is 12.3. The van der Waals surface area contributed by atoms with Crippen molar-refractivity contribution in [1.82, 2.24) is 0 Å². The SMILES string of the molecule is N[C@H](C(=O)O)[C@@H](O)c1cccc([N+](=O)[O-])c1. The quantitative estimate of drug-likeness (QED) is 0.491. The van der Waals surface area contributed by atoms with Crippen LogP contribution in [-0.2, 0) is 4.79 Å². The van der Waals surface area contributed by atoms with Gasteiger partial charge in [-0.3, -0.25) is 14.9 Å². The Morgan fingerprint density at radius 3 is 2.62 bits per heavy atom. The summed E-state index contributed by atoms with van der Waals surface area (Å²) in [5, 5.41) is 28.6. The highest BCUT2D eigenvalue weighted by Crippen LogP contribution is 2.20. The van der Waals surface area contributed by atoms with E-state index in [1.807, 2.05) is 0 Å². The Hall–Kier alpha value is -1.99. The number of rotatable bonds is 4. The third kappa shape index (κ3) is 2.53. The highest BCUT2D eigenvalue weighted by Gasteiger charge is 2.24. The van der Waals surface area contributed by atoms with Gasteiger partial charge in [0.1, 0.15) is 12.1 Å². The Morgan fingerprint density at radius 2 is 2.12 bits per heavy atom. The number of nitrogens with two attached hydrogens (primary N) is 1. The Bertz CT molecular complexity index is 420. The number of non-ortho nitro benzene ring substituents is 1. The van der Waals surface area contributed by atoms with Crippen LogP contribution in [0.2, 0.25) is 0 Å². The largest absolute Gasteiger partial charge is 0.480 e. The molecule has 0 fully saturated rings. The summed E-state index contributed by atoms with van der Waals surface area (Å²) in [4.78, 5) is 20.3. The molecule has 0 aliphatic heterocycles. The number of carboxylic acid groups (broad SMARTS) is 1. The standard InChI is InChI=1S/C9H10N2O5/c10-7(9(13)14)8(12)5-2-1-3-6(4-5)11(15)16/h1-4,7-8,12H,10H2,(H,13,14)/t7-,8-/m0/s1. The Labute approximate surface area is 90.3 Å². The maximum atomic E-state index is 10.5. The summed E-state index contributed by atoms with van der Waals surface area (Å²) in [5.74, 6) is -1.38. The van der Waals surface area contributed by atoms with Crippen LogP contribution in [0.3, 0.4) is 0 Å². The third-order valence-electron chi connectivity index (χ3n) is 2.05. The minimum Gasteiger partial charge on any atom is -0.480 e. The first-order valence-electron chi connectivity index (χ1n) is 4.34. The number of benzene rings is 1. The first kappa shape index (κ1) is 12.1. The van der Waals surface area contributed by atoms with Crippen LogP contribution in [0.5, 0.6) is 0 Å². The molecule has 0 aromatic heterocycles. The number of aliphatic hydroxyl groups is 1. The molecule has 1 aromatic carbocycles. The van der Waals surface area contributed by atoms with E-state index in [1.54, 1.807) is 0 Å². The highest BCUT2D eigenvalue weighted by atomic mass is 16.6. The summed E-state index contributed by atoms with van der Waals surface area (Å²) in [6.45, 7) is 0. The molecule has 0 spiro atoms. The fraction of sp³-hybridized carbons (Fsp3) is 0.222. The Balaban J connectivity index is 3.00. The minimum atomic E-state index is -1.51. The van der Waals surface area contributed by atoms with Crippen LogP contribution in [0.15, 0.2) is 24.3 Å². The van der Waals surface area contributed by atoms with E-state index in [9.17, 15) is 20.0 Å². The lowest BCUT2D eigenvalue weighted by atomic mass is 10.0. The van der Waals surface area contributed by atoms with Crippen LogP contribution in [0.25, 0.3) is 0 Å². The zero-order valence-electron chi connectivity index (χ0n) is 8.11. The molecule has 0 aliphatic rings. The molecule has 0 bridgehead atoms. The monoisotopic (exact) mass is 226 g/mol. The molecule has 0 amide bonds. The molecule has 4 N–H and O–H groups in total. The summed E-state index contributed by atoms with van der Waals surface area (Å²) in [7, 11) is 0. The lowest BCUT2D eigenvalue weighted by Gasteiger charge is -2.14. The van der Waals surface area contributed by atoms with Gasteiger partial charge < -0.3 is 15.9 Å². The summed E-state index contributed by atoms with van der Waals surface area (Å²) < 4.78 is 0. The second-order valence-electron chi connectivity index (χ2n) is 3.16. The van der Waals surface area contributed by atoms with Gasteiger partial charge in [-0.05, 0) is 5.56 Å². The van der Waals surface area contributed by atoms with Crippen molar-refractivity contribution in [2.24, 2.45) is 5.73 Å². The summed E-state index contributed by atoms with van der Waals surface area (Å²) >= 11 is 0. The van der Waals surface area contributed by atoms with Gasteiger partial charge in [0, 0.05) is 12.1 Å². The van der Waals surface area contributed by atoms with Crippen molar-refractivity contribution in [1.29, 1.82) is 0 Å². The summed E-state index contributed by atoms with van der Waals surface area (Å²) in [6.07, 6.45) is -1.47. The zero-order valence-corrected chi connectivity index (χ0v) is 8.11. The molecule has 7 heteroatoms. The van der Waals surface area contributed by atoms with Crippen molar-refractivity contribution in [3.63, 3.8) is 0 Å². The van der Waals surface area contributed by atoms with Gasteiger partial charge in [-0.15, -0.1) is 0 Å². The number of nitro benzene ring substituents is 1. The predicted molar refractivity (Wildman–Crippen MR) is 53.7 cm³/mol. The Morgan fingerprint density at radius 1 is 1.50 bits per heavy atom. The van der Waals surface area contributed by atoms with Crippen molar-refractivity contribution in [2.75, 3.05) is 0 Å². The second kappa shape index (κ2) is 4.69. The molecule has 7 nitrogen and oxygen atoms in total. The van der Waals surface area contributed by atoms with Gasteiger partial charge in [-0.2, -0.15) is 0 Å². The lowest BCUT2D eigenvalue weighted by Crippen LogP contribution is -2.36. The number of carboxylic acids is 1. The number of carbonyl (C=O) groups is 1. The summed E-state index contributed by atoms with van der Waals surface area (Å²) in [5.41, 5.74) is 5.07. The predicted octanol–water partition coefficient (Wildman–Crippen LogP) is 0.0401. The van der Waals surface area contributed by atoms with E-state index in [1.165, 1.54) is 18.2 Å². The molecule has 0 unspecified atom stereocenters. The van der Waals surface area contributed by atoms with E-state index in [0.717, 1.165) is 6.07 Å². The lowest BCUT2D eigenvalue weighted by molar-refractivity contribution is -0.385. The number of nitro groups is 1. The van der Waals surface area contributed by atoms with Crippen LogP contribution >= 0.6 is 0 Å². The number of aliphatic hydroxyl groups excluding tert-OH is 1. The molecule has 0 heterocycles. The van der Waals surface area contributed by atoms with Gasteiger partial charge in [-0.1, -0.05) is 12.1 Å². The van der Waals surface area contributed by atoms with Gasteiger partial charge in [0.05, 0.1) is 4.92 Å².